The molecule has 0 aromatic carbocycles. The van der Waals surface area contributed by atoms with Crippen molar-refractivity contribution < 1.29 is 0 Å². The molecule has 0 saturated heterocycles. The van der Waals surface area contributed by atoms with Crippen LogP contribution in [-0.4, -0.2) is 12.6 Å². The molecule has 1 aliphatic carbocycles. The van der Waals surface area contributed by atoms with Crippen molar-refractivity contribution in [3.63, 3.8) is 0 Å². The van der Waals surface area contributed by atoms with Gasteiger partial charge in [-0.3, -0.25) is 0 Å². The number of hydrogen-bond donors (Lipinski definition) is 1. The molecule has 1 unspecified atom stereocenters. The van der Waals surface area contributed by atoms with Crippen LogP contribution in [0.3, 0.4) is 0 Å². The molecule has 1 aliphatic rings. The van der Waals surface area contributed by atoms with Gasteiger partial charge in [0.15, 0.2) is 0 Å². The first kappa shape index (κ1) is 14.0. The molecule has 0 aromatic heterocycles. The predicted molar refractivity (Wildman–Crippen MR) is 72.8 cm³/mol. The van der Waals surface area contributed by atoms with Gasteiger partial charge in [0.1, 0.15) is 0 Å². The molecule has 1 saturated carbocycles. The maximum Gasteiger partial charge on any atom is 0.00682 e. The fraction of sp³-hybridized carbons (Fsp3) is 1.00. The van der Waals surface area contributed by atoms with Gasteiger partial charge >= 0.3 is 0 Å². The zero-order valence-corrected chi connectivity index (χ0v) is 11.4. The molecule has 0 aliphatic heterocycles. The second-order valence-corrected chi connectivity index (χ2v) is 5.68. The normalized spacial score (nSPS) is 17.6. The molecule has 0 aromatic rings. The van der Waals surface area contributed by atoms with Gasteiger partial charge in [-0.2, -0.15) is 0 Å². The lowest BCUT2D eigenvalue weighted by atomic mass is 9.99. The SMILES string of the molecule is CCCCCCCCC(C)CCNC1CC1. The quantitative estimate of drug-likeness (QED) is 0.510. The molecule has 0 radical (unpaired) electrons. The van der Waals surface area contributed by atoms with Gasteiger partial charge in [0, 0.05) is 6.04 Å². The van der Waals surface area contributed by atoms with Gasteiger partial charge in [-0.25, -0.2) is 0 Å². The Morgan fingerprint density at radius 3 is 2.38 bits per heavy atom. The van der Waals surface area contributed by atoms with Crippen LogP contribution < -0.4 is 5.32 Å². The van der Waals surface area contributed by atoms with Crippen molar-refractivity contribution in [2.75, 3.05) is 6.54 Å². The summed E-state index contributed by atoms with van der Waals surface area (Å²) in [6.45, 7) is 5.96. The van der Waals surface area contributed by atoms with Crippen LogP contribution in [0.4, 0.5) is 0 Å². The summed E-state index contributed by atoms with van der Waals surface area (Å²) < 4.78 is 0. The van der Waals surface area contributed by atoms with E-state index in [2.05, 4.69) is 19.2 Å². The minimum absolute atomic E-state index is 0.890. The molecule has 1 heteroatoms. The highest BCUT2D eigenvalue weighted by Gasteiger charge is 2.19. The van der Waals surface area contributed by atoms with Crippen LogP contribution in [0.25, 0.3) is 0 Å². The van der Waals surface area contributed by atoms with Gasteiger partial charge in [-0.1, -0.05) is 58.8 Å². The van der Waals surface area contributed by atoms with Gasteiger partial charge < -0.3 is 5.32 Å². The first-order valence-corrected chi connectivity index (χ1v) is 7.56. The van der Waals surface area contributed by atoms with Crippen LogP contribution in [0.2, 0.25) is 0 Å². The molecule has 1 nitrogen and oxygen atoms in total. The lowest BCUT2D eigenvalue weighted by Gasteiger charge is -2.11. The zero-order valence-electron chi connectivity index (χ0n) is 11.4. The Labute approximate surface area is 102 Å². The average Bonchev–Trinajstić information content (AvgIpc) is 3.07. The van der Waals surface area contributed by atoms with Crippen LogP contribution in [0.1, 0.15) is 78.1 Å². The van der Waals surface area contributed by atoms with E-state index in [0.717, 1.165) is 12.0 Å². The third-order valence-electron chi connectivity index (χ3n) is 3.70. The van der Waals surface area contributed by atoms with Crippen LogP contribution in [0.15, 0.2) is 0 Å². The Morgan fingerprint density at radius 1 is 1.00 bits per heavy atom. The van der Waals surface area contributed by atoms with E-state index in [1.165, 1.54) is 70.8 Å². The Morgan fingerprint density at radius 2 is 1.69 bits per heavy atom. The van der Waals surface area contributed by atoms with Gasteiger partial charge in [-0.05, 0) is 31.7 Å². The van der Waals surface area contributed by atoms with Crippen molar-refractivity contribution in [3.8, 4) is 0 Å². The lowest BCUT2D eigenvalue weighted by molar-refractivity contribution is 0.441. The summed E-state index contributed by atoms with van der Waals surface area (Å²) in [7, 11) is 0. The summed E-state index contributed by atoms with van der Waals surface area (Å²) in [5.74, 6) is 0.928. The summed E-state index contributed by atoms with van der Waals surface area (Å²) in [6.07, 6.45) is 14.3. The smallest absolute Gasteiger partial charge is 0.00682 e. The van der Waals surface area contributed by atoms with Crippen molar-refractivity contribution in [3.05, 3.63) is 0 Å². The highest BCUT2D eigenvalue weighted by atomic mass is 14.9. The monoisotopic (exact) mass is 225 g/mol. The molecular weight excluding hydrogens is 194 g/mol. The summed E-state index contributed by atoms with van der Waals surface area (Å²) in [6, 6.07) is 0.890. The van der Waals surface area contributed by atoms with E-state index in [1.807, 2.05) is 0 Å². The van der Waals surface area contributed by atoms with Crippen LogP contribution in [0.5, 0.6) is 0 Å². The molecule has 0 spiro atoms. The van der Waals surface area contributed by atoms with Gasteiger partial charge in [0.05, 0.1) is 0 Å². The summed E-state index contributed by atoms with van der Waals surface area (Å²) in [4.78, 5) is 0. The van der Waals surface area contributed by atoms with Gasteiger partial charge in [-0.15, -0.1) is 0 Å². The van der Waals surface area contributed by atoms with Crippen molar-refractivity contribution in [1.82, 2.24) is 5.32 Å². The Balaban J connectivity index is 1.76. The number of rotatable bonds is 11. The van der Waals surface area contributed by atoms with E-state index in [1.54, 1.807) is 0 Å². The van der Waals surface area contributed by atoms with E-state index in [0.29, 0.717) is 0 Å². The average molecular weight is 225 g/mol. The summed E-state index contributed by atoms with van der Waals surface area (Å²) in [5.41, 5.74) is 0. The molecule has 1 N–H and O–H groups in total. The van der Waals surface area contributed by atoms with Gasteiger partial charge in [0.25, 0.3) is 0 Å². The van der Waals surface area contributed by atoms with Crippen LogP contribution in [0, 0.1) is 5.92 Å². The molecule has 0 amide bonds. The minimum atomic E-state index is 0.890. The highest BCUT2D eigenvalue weighted by molar-refractivity contribution is 4.80. The minimum Gasteiger partial charge on any atom is -0.314 e. The van der Waals surface area contributed by atoms with E-state index in [9.17, 15) is 0 Å². The fourth-order valence-corrected chi connectivity index (χ4v) is 2.24. The molecule has 96 valence electrons. The molecule has 1 fully saturated rings. The first-order chi connectivity index (χ1) is 7.83. The molecular formula is C15H31N. The topological polar surface area (TPSA) is 12.0 Å². The summed E-state index contributed by atoms with van der Waals surface area (Å²) in [5, 5.41) is 3.61. The molecule has 16 heavy (non-hydrogen) atoms. The zero-order chi connectivity index (χ0) is 11.6. The van der Waals surface area contributed by atoms with E-state index in [-0.39, 0.29) is 0 Å². The Kier molecular flexibility index (Phi) is 7.92. The highest BCUT2D eigenvalue weighted by Crippen LogP contribution is 2.19. The van der Waals surface area contributed by atoms with Crippen molar-refractivity contribution >= 4 is 0 Å². The predicted octanol–water partition coefficient (Wildman–Crippen LogP) is 4.52. The van der Waals surface area contributed by atoms with E-state index >= 15 is 0 Å². The van der Waals surface area contributed by atoms with E-state index < -0.39 is 0 Å². The standard InChI is InChI=1S/C15H31N/c1-3-4-5-6-7-8-9-14(2)12-13-16-15-10-11-15/h14-16H,3-13H2,1-2H3. The molecule has 0 heterocycles. The summed E-state index contributed by atoms with van der Waals surface area (Å²) >= 11 is 0. The molecule has 1 rings (SSSR count). The third kappa shape index (κ3) is 8.15. The second kappa shape index (κ2) is 9.04. The second-order valence-electron chi connectivity index (χ2n) is 5.68. The van der Waals surface area contributed by atoms with Crippen LogP contribution >= 0.6 is 0 Å². The maximum atomic E-state index is 3.61. The Hall–Kier alpha value is -0.0400. The molecule has 0 bridgehead atoms. The van der Waals surface area contributed by atoms with Crippen molar-refractivity contribution in [2.24, 2.45) is 5.92 Å². The largest absolute Gasteiger partial charge is 0.314 e. The number of hydrogen-bond acceptors (Lipinski definition) is 1. The fourth-order valence-electron chi connectivity index (χ4n) is 2.24. The maximum absolute atomic E-state index is 3.61. The number of nitrogens with one attached hydrogen (secondary N) is 1. The Bertz CT molecular complexity index is 152. The van der Waals surface area contributed by atoms with Gasteiger partial charge in [0.2, 0.25) is 0 Å². The first-order valence-electron chi connectivity index (χ1n) is 7.56. The third-order valence-corrected chi connectivity index (χ3v) is 3.70. The molecule has 1 atom stereocenters. The van der Waals surface area contributed by atoms with E-state index in [4.69, 9.17) is 0 Å². The van der Waals surface area contributed by atoms with Crippen molar-refractivity contribution in [2.45, 2.75) is 84.1 Å². The lowest BCUT2D eigenvalue weighted by Crippen LogP contribution is -2.19. The van der Waals surface area contributed by atoms with Crippen molar-refractivity contribution in [1.29, 1.82) is 0 Å². The number of unbranched alkanes of at least 4 members (excludes halogenated alkanes) is 5. The van der Waals surface area contributed by atoms with Crippen LogP contribution in [-0.2, 0) is 0 Å².